The van der Waals surface area contributed by atoms with Gasteiger partial charge >= 0.3 is 5.97 Å². The molecule has 0 spiro atoms. The first-order valence-electron chi connectivity index (χ1n) is 5.10. The zero-order valence-corrected chi connectivity index (χ0v) is 10.2. The Balaban J connectivity index is 3.15. The summed E-state index contributed by atoms with van der Waals surface area (Å²) in [4.78, 5) is 21.4. The van der Waals surface area contributed by atoms with E-state index in [0.717, 1.165) is 7.11 Å². The molecule has 19 heavy (non-hydrogen) atoms. The van der Waals surface area contributed by atoms with E-state index in [1.54, 1.807) is 0 Å². The van der Waals surface area contributed by atoms with Gasteiger partial charge in [0.05, 0.1) is 12.0 Å². The fourth-order valence-corrected chi connectivity index (χ4v) is 1.16. The number of esters is 1. The van der Waals surface area contributed by atoms with Crippen molar-refractivity contribution < 1.29 is 19.6 Å². The van der Waals surface area contributed by atoms with Crippen LogP contribution in [0.25, 0.3) is 0 Å². The van der Waals surface area contributed by atoms with Crippen LogP contribution in [0, 0.1) is 10.1 Å². The molecule has 0 aliphatic heterocycles. The van der Waals surface area contributed by atoms with Gasteiger partial charge in [-0.25, -0.2) is 4.79 Å². The van der Waals surface area contributed by atoms with Gasteiger partial charge in [-0.15, -0.1) is 10.2 Å². The molecule has 0 unspecified atom stereocenters. The fourth-order valence-electron chi connectivity index (χ4n) is 1.16. The molecule has 0 aliphatic rings. The van der Waals surface area contributed by atoms with Crippen LogP contribution in [0.5, 0.6) is 0 Å². The molecule has 1 rings (SSSR count). The number of allylic oxidation sites excluding steroid dienone is 1. The highest BCUT2D eigenvalue weighted by atomic mass is 16.6. The van der Waals surface area contributed by atoms with Crippen LogP contribution in [-0.2, 0) is 9.53 Å². The van der Waals surface area contributed by atoms with Crippen LogP contribution in [0.1, 0.15) is 6.92 Å². The molecular formula is C11H11N3O5. The predicted octanol–water partition coefficient (Wildman–Crippen LogP) is 2.64. The third-order valence-corrected chi connectivity index (χ3v) is 2.06. The van der Waals surface area contributed by atoms with E-state index in [-0.39, 0.29) is 11.4 Å². The van der Waals surface area contributed by atoms with Crippen LogP contribution in [0.4, 0.5) is 11.4 Å². The average molecular weight is 265 g/mol. The molecule has 0 saturated heterocycles. The summed E-state index contributed by atoms with van der Waals surface area (Å²) < 4.78 is 4.40. The minimum absolute atomic E-state index is 0.0323. The Morgan fingerprint density at radius 3 is 2.58 bits per heavy atom. The van der Waals surface area contributed by atoms with Crippen LogP contribution >= 0.6 is 0 Å². The lowest BCUT2D eigenvalue weighted by Crippen LogP contribution is -2.04. The minimum Gasteiger partial charge on any atom is -0.510 e. The molecule has 1 aromatic rings. The molecule has 1 aromatic carbocycles. The minimum atomic E-state index is -0.887. The first-order valence-corrected chi connectivity index (χ1v) is 5.10. The van der Waals surface area contributed by atoms with E-state index in [9.17, 15) is 20.0 Å². The lowest BCUT2D eigenvalue weighted by molar-refractivity contribution is -0.384. The number of carbonyl (C=O) groups excluding carboxylic acids is 1. The first kappa shape index (κ1) is 14.3. The van der Waals surface area contributed by atoms with E-state index < -0.39 is 22.3 Å². The first-order chi connectivity index (χ1) is 8.97. The zero-order chi connectivity index (χ0) is 14.4. The van der Waals surface area contributed by atoms with Crippen molar-refractivity contribution in [2.45, 2.75) is 6.92 Å². The van der Waals surface area contributed by atoms with Crippen molar-refractivity contribution in [1.29, 1.82) is 0 Å². The topological polar surface area (TPSA) is 114 Å². The van der Waals surface area contributed by atoms with Gasteiger partial charge in [0.25, 0.3) is 5.69 Å². The highest BCUT2D eigenvalue weighted by Crippen LogP contribution is 2.27. The van der Waals surface area contributed by atoms with Crippen LogP contribution in [-0.4, -0.2) is 23.1 Å². The summed E-state index contributed by atoms with van der Waals surface area (Å²) in [6.45, 7) is 1.23. The summed E-state index contributed by atoms with van der Waals surface area (Å²) in [5.41, 5.74) is -0.707. The van der Waals surface area contributed by atoms with E-state index in [0.29, 0.717) is 0 Å². The maximum Gasteiger partial charge on any atom is 0.362 e. The molecule has 0 atom stereocenters. The third-order valence-electron chi connectivity index (χ3n) is 2.06. The summed E-state index contributed by atoms with van der Waals surface area (Å²) >= 11 is 0. The highest BCUT2D eigenvalue weighted by Gasteiger charge is 2.15. The highest BCUT2D eigenvalue weighted by molar-refractivity contribution is 5.88. The van der Waals surface area contributed by atoms with Gasteiger partial charge in [-0.3, -0.25) is 10.1 Å². The number of aliphatic hydroxyl groups excluding tert-OH is 1. The van der Waals surface area contributed by atoms with E-state index in [1.165, 1.54) is 31.2 Å². The molecule has 0 fully saturated rings. The number of ether oxygens (including phenoxy) is 1. The molecule has 0 radical (unpaired) electrons. The number of nitro groups is 1. The van der Waals surface area contributed by atoms with Crippen LogP contribution in [0.2, 0.25) is 0 Å². The maximum absolute atomic E-state index is 11.3. The van der Waals surface area contributed by atoms with E-state index >= 15 is 0 Å². The Labute approximate surface area is 108 Å². The summed E-state index contributed by atoms with van der Waals surface area (Å²) in [6, 6.07) is 5.63. The summed E-state index contributed by atoms with van der Waals surface area (Å²) in [7, 11) is 1.12. The molecule has 0 saturated carbocycles. The number of aliphatic hydroxyl groups is 1. The Morgan fingerprint density at radius 2 is 2.05 bits per heavy atom. The lowest BCUT2D eigenvalue weighted by Gasteiger charge is -2.00. The largest absolute Gasteiger partial charge is 0.510 e. The second-order valence-corrected chi connectivity index (χ2v) is 3.37. The standard InChI is InChI=1S/C11H11N3O5/c1-7(15)10(11(16)19-2)13-12-8-5-3-4-6-9(8)14(17)18/h3-6,15H,1-2H3/b10-7-,13-12?. The second kappa shape index (κ2) is 6.24. The van der Waals surface area contributed by atoms with E-state index in [4.69, 9.17) is 0 Å². The monoisotopic (exact) mass is 265 g/mol. The molecule has 8 heteroatoms. The Morgan fingerprint density at radius 1 is 1.42 bits per heavy atom. The van der Waals surface area contributed by atoms with Crippen molar-refractivity contribution in [1.82, 2.24) is 0 Å². The Hall–Kier alpha value is -2.77. The quantitative estimate of drug-likeness (QED) is 0.224. The fraction of sp³-hybridized carbons (Fsp3) is 0.182. The Bertz CT molecular complexity index is 561. The Kier molecular flexibility index (Phi) is 4.69. The number of azo groups is 1. The van der Waals surface area contributed by atoms with Crippen molar-refractivity contribution >= 4 is 17.3 Å². The van der Waals surface area contributed by atoms with Crippen LogP contribution < -0.4 is 0 Å². The molecular weight excluding hydrogens is 254 g/mol. The van der Waals surface area contributed by atoms with Gasteiger partial charge in [-0.05, 0) is 13.0 Å². The second-order valence-electron chi connectivity index (χ2n) is 3.37. The van der Waals surface area contributed by atoms with Gasteiger partial charge in [0.15, 0.2) is 5.69 Å². The summed E-state index contributed by atoms with van der Waals surface area (Å²) in [5, 5.41) is 27.1. The normalized spacial score (nSPS) is 12.1. The van der Waals surface area contributed by atoms with Crippen molar-refractivity contribution in [2.75, 3.05) is 7.11 Å². The van der Waals surface area contributed by atoms with E-state index in [1.807, 2.05) is 0 Å². The van der Waals surface area contributed by atoms with Gasteiger partial charge in [0, 0.05) is 6.07 Å². The van der Waals surface area contributed by atoms with Crippen molar-refractivity contribution in [2.24, 2.45) is 10.2 Å². The number of rotatable bonds is 4. The molecule has 0 bridgehead atoms. The van der Waals surface area contributed by atoms with Gasteiger partial charge in [-0.1, -0.05) is 12.1 Å². The molecule has 0 aliphatic carbocycles. The number of carbonyl (C=O) groups is 1. The maximum atomic E-state index is 11.3. The van der Waals surface area contributed by atoms with Crippen LogP contribution in [0.15, 0.2) is 46.0 Å². The van der Waals surface area contributed by atoms with E-state index in [2.05, 4.69) is 15.0 Å². The number of methoxy groups -OCH3 is 1. The number of hydrogen-bond acceptors (Lipinski definition) is 7. The van der Waals surface area contributed by atoms with Gasteiger partial charge in [0.2, 0.25) is 5.70 Å². The molecule has 0 aromatic heterocycles. The van der Waals surface area contributed by atoms with Crippen molar-refractivity contribution in [3.8, 4) is 0 Å². The molecule has 0 heterocycles. The summed E-state index contributed by atoms with van der Waals surface area (Å²) in [6.07, 6.45) is 0. The number of nitrogens with zero attached hydrogens (tertiary/aromatic N) is 3. The van der Waals surface area contributed by atoms with Gasteiger partial charge in [0.1, 0.15) is 5.76 Å². The van der Waals surface area contributed by atoms with Crippen molar-refractivity contribution in [3.05, 3.63) is 45.8 Å². The number of nitro benzene ring substituents is 1. The molecule has 100 valence electrons. The predicted molar refractivity (Wildman–Crippen MR) is 65.0 cm³/mol. The zero-order valence-electron chi connectivity index (χ0n) is 10.2. The molecule has 1 N–H and O–H groups in total. The SMILES string of the molecule is COC(=O)/C(N=Nc1ccccc1[N+](=O)[O-])=C(\C)O. The molecule has 0 amide bonds. The number of para-hydroxylation sites is 1. The number of hydrogen-bond donors (Lipinski definition) is 1. The van der Waals surface area contributed by atoms with Gasteiger partial charge in [-0.2, -0.15) is 0 Å². The average Bonchev–Trinajstić information content (AvgIpc) is 2.38. The van der Waals surface area contributed by atoms with Crippen LogP contribution in [0.3, 0.4) is 0 Å². The molecule has 8 nitrogen and oxygen atoms in total. The third kappa shape index (κ3) is 3.60. The lowest BCUT2D eigenvalue weighted by atomic mass is 10.3. The van der Waals surface area contributed by atoms with Crippen molar-refractivity contribution in [3.63, 3.8) is 0 Å². The number of benzene rings is 1. The summed E-state index contributed by atoms with van der Waals surface area (Å²) in [5.74, 6) is -1.28. The smallest absolute Gasteiger partial charge is 0.362 e. The van der Waals surface area contributed by atoms with Gasteiger partial charge < -0.3 is 9.84 Å².